The van der Waals surface area contributed by atoms with Gasteiger partial charge < -0.3 is 4.57 Å². The summed E-state index contributed by atoms with van der Waals surface area (Å²) in [5.41, 5.74) is 6.64. The third-order valence-electron chi connectivity index (χ3n) is 4.45. The van der Waals surface area contributed by atoms with Gasteiger partial charge in [-0.05, 0) is 30.9 Å². The van der Waals surface area contributed by atoms with Crippen molar-refractivity contribution in [1.82, 2.24) is 14.5 Å². The van der Waals surface area contributed by atoms with E-state index in [1.54, 1.807) is 11.3 Å². The largest absolute Gasteiger partial charge is 0.326 e. The normalized spacial score (nSPS) is 14.9. The van der Waals surface area contributed by atoms with Crippen LogP contribution in [0.4, 0.5) is 0 Å². The van der Waals surface area contributed by atoms with E-state index in [4.69, 9.17) is 0 Å². The first-order valence-corrected chi connectivity index (χ1v) is 9.00. The Labute approximate surface area is 141 Å². The van der Waals surface area contributed by atoms with Crippen LogP contribution in [0.2, 0.25) is 0 Å². The monoisotopic (exact) mass is 323 g/mol. The first kappa shape index (κ1) is 14.7. The van der Waals surface area contributed by atoms with E-state index in [2.05, 4.69) is 63.3 Å². The fraction of sp³-hybridized carbons (Fsp3) is 0.316. The SMILES string of the molecule is Cc1cc(C)cc(CN2CCn3c(-c4ccsc4)cnc3C2)c1. The van der Waals surface area contributed by atoms with Gasteiger partial charge >= 0.3 is 0 Å². The average Bonchev–Trinajstić information content (AvgIpc) is 3.14. The number of aromatic nitrogens is 2. The van der Waals surface area contributed by atoms with Gasteiger partial charge in [0, 0.05) is 30.6 Å². The number of hydrogen-bond donors (Lipinski definition) is 0. The standard InChI is InChI=1S/C19H21N3S/c1-14-7-15(2)9-16(8-14)11-21-4-5-22-18(10-20-19(22)12-21)17-3-6-23-13-17/h3,6-10,13H,4-5,11-12H2,1-2H3. The van der Waals surface area contributed by atoms with Gasteiger partial charge in [-0.15, -0.1) is 0 Å². The van der Waals surface area contributed by atoms with Crippen molar-refractivity contribution in [3.05, 3.63) is 63.7 Å². The summed E-state index contributed by atoms with van der Waals surface area (Å²) in [5, 5.41) is 4.33. The minimum atomic E-state index is 0.928. The maximum absolute atomic E-state index is 4.67. The van der Waals surface area contributed by atoms with E-state index in [0.717, 1.165) is 26.2 Å². The van der Waals surface area contributed by atoms with Gasteiger partial charge in [0.05, 0.1) is 18.4 Å². The molecule has 4 heteroatoms. The summed E-state index contributed by atoms with van der Waals surface area (Å²) < 4.78 is 2.38. The molecule has 0 saturated carbocycles. The zero-order chi connectivity index (χ0) is 15.8. The number of thiophene rings is 1. The molecule has 0 aliphatic carbocycles. The molecule has 0 amide bonds. The van der Waals surface area contributed by atoms with Crippen LogP contribution in [0.15, 0.2) is 41.2 Å². The van der Waals surface area contributed by atoms with Crippen molar-refractivity contribution in [2.24, 2.45) is 0 Å². The van der Waals surface area contributed by atoms with Gasteiger partial charge in [0.2, 0.25) is 0 Å². The molecule has 0 radical (unpaired) electrons. The van der Waals surface area contributed by atoms with Crippen molar-refractivity contribution in [3.8, 4) is 11.3 Å². The predicted octanol–water partition coefficient (Wildman–Crippen LogP) is 4.24. The van der Waals surface area contributed by atoms with Gasteiger partial charge in [0.15, 0.2) is 0 Å². The van der Waals surface area contributed by atoms with Crippen molar-refractivity contribution in [3.63, 3.8) is 0 Å². The second-order valence-electron chi connectivity index (χ2n) is 6.43. The number of imidazole rings is 1. The molecule has 3 aromatic rings. The third-order valence-corrected chi connectivity index (χ3v) is 5.13. The topological polar surface area (TPSA) is 21.1 Å². The summed E-state index contributed by atoms with van der Waals surface area (Å²) in [5.74, 6) is 1.18. The van der Waals surface area contributed by atoms with Crippen LogP contribution in [0.3, 0.4) is 0 Å². The van der Waals surface area contributed by atoms with Crippen LogP contribution in [0.5, 0.6) is 0 Å². The molecule has 23 heavy (non-hydrogen) atoms. The summed E-state index contributed by atoms with van der Waals surface area (Å²) in [6.07, 6.45) is 2.03. The molecular formula is C19H21N3S. The van der Waals surface area contributed by atoms with Gasteiger partial charge in [0.1, 0.15) is 5.82 Å². The molecule has 2 aromatic heterocycles. The lowest BCUT2D eigenvalue weighted by atomic mass is 10.1. The molecule has 1 aliphatic rings. The van der Waals surface area contributed by atoms with Crippen molar-refractivity contribution in [1.29, 1.82) is 0 Å². The van der Waals surface area contributed by atoms with E-state index in [1.165, 1.54) is 33.8 Å². The highest BCUT2D eigenvalue weighted by Gasteiger charge is 2.20. The summed E-state index contributed by atoms with van der Waals surface area (Å²) in [4.78, 5) is 7.16. The Morgan fingerprint density at radius 2 is 1.96 bits per heavy atom. The van der Waals surface area contributed by atoms with Crippen LogP contribution in [0.1, 0.15) is 22.5 Å². The van der Waals surface area contributed by atoms with E-state index >= 15 is 0 Å². The Bertz CT molecular complexity index is 797. The average molecular weight is 323 g/mol. The molecule has 0 atom stereocenters. The molecule has 1 aliphatic heterocycles. The van der Waals surface area contributed by atoms with Gasteiger partial charge in [0.25, 0.3) is 0 Å². The number of aryl methyl sites for hydroxylation is 2. The van der Waals surface area contributed by atoms with Crippen LogP contribution < -0.4 is 0 Å². The number of rotatable bonds is 3. The molecule has 0 fully saturated rings. The van der Waals surface area contributed by atoms with E-state index in [9.17, 15) is 0 Å². The number of benzene rings is 1. The van der Waals surface area contributed by atoms with Crippen molar-refractivity contribution in [2.45, 2.75) is 33.5 Å². The fourth-order valence-electron chi connectivity index (χ4n) is 3.50. The third kappa shape index (κ3) is 2.96. The van der Waals surface area contributed by atoms with Crippen LogP contribution >= 0.6 is 11.3 Å². The Hall–Kier alpha value is -1.91. The highest BCUT2D eigenvalue weighted by atomic mass is 32.1. The Morgan fingerprint density at radius 3 is 2.70 bits per heavy atom. The van der Waals surface area contributed by atoms with Gasteiger partial charge in [-0.2, -0.15) is 11.3 Å². The maximum atomic E-state index is 4.67. The first-order chi connectivity index (χ1) is 11.2. The molecule has 0 spiro atoms. The van der Waals surface area contributed by atoms with E-state index in [0.29, 0.717) is 0 Å². The lowest BCUT2D eigenvalue weighted by Crippen LogP contribution is -2.33. The van der Waals surface area contributed by atoms with Crippen LogP contribution in [-0.4, -0.2) is 21.0 Å². The maximum Gasteiger partial charge on any atom is 0.123 e. The van der Waals surface area contributed by atoms with Crippen molar-refractivity contribution in [2.75, 3.05) is 6.54 Å². The molecule has 3 heterocycles. The van der Waals surface area contributed by atoms with Gasteiger partial charge in [-0.25, -0.2) is 4.98 Å². The quantitative estimate of drug-likeness (QED) is 0.719. The summed E-state index contributed by atoms with van der Waals surface area (Å²) in [6, 6.07) is 9.01. The second kappa shape index (κ2) is 5.95. The Kier molecular flexibility index (Phi) is 3.79. The van der Waals surface area contributed by atoms with Gasteiger partial charge in [-0.3, -0.25) is 4.90 Å². The fourth-order valence-corrected chi connectivity index (χ4v) is 4.15. The summed E-state index contributed by atoms with van der Waals surface area (Å²) in [7, 11) is 0. The summed E-state index contributed by atoms with van der Waals surface area (Å²) >= 11 is 1.74. The number of hydrogen-bond acceptors (Lipinski definition) is 3. The number of fused-ring (bicyclic) bond motifs is 1. The van der Waals surface area contributed by atoms with Crippen LogP contribution in [-0.2, 0) is 19.6 Å². The molecule has 0 N–H and O–H groups in total. The molecule has 118 valence electrons. The minimum Gasteiger partial charge on any atom is -0.326 e. The van der Waals surface area contributed by atoms with Crippen molar-refractivity contribution >= 4 is 11.3 Å². The van der Waals surface area contributed by atoms with Gasteiger partial charge in [-0.1, -0.05) is 29.3 Å². The van der Waals surface area contributed by atoms with Crippen LogP contribution in [0, 0.1) is 13.8 Å². The molecular weight excluding hydrogens is 302 g/mol. The second-order valence-corrected chi connectivity index (χ2v) is 7.21. The smallest absolute Gasteiger partial charge is 0.123 e. The van der Waals surface area contributed by atoms with Crippen LogP contribution in [0.25, 0.3) is 11.3 Å². The number of nitrogens with zero attached hydrogens (tertiary/aromatic N) is 3. The van der Waals surface area contributed by atoms with E-state index < -0.39 is 0 Å². The Morgan fingerprint density at radius 1 is 1.13 bits per heavy atom. The molecule has 0 saturated heterocycles. The zero-order valence-electron chi connectivity index (χ0n) is 13.6. The van der Waals surface area contributed by atoms with E-state index in [1.807, 2.05) is 6.20 Å². The minimum absolute atomic E-state index is 0.928. The molecule has 0 bridgehead atoms. The molecule has 4 rings (SSSR count). The highest BCUT2D eigenvalue weighted by Crippen LogP contribution is 2.26. The molecule has 1 aromatic carbocycles. The zero-order valence-corrected chi connectivity index (χ0v) is 14.4. The lowest BCUT2D eigenvalue weighted by Gasteiger charge is -2.28. The Balaban J connectivity index is 1.53. The summed E-state index contributed by atoms with van der Waals surface area (Å²) in [6.45, 7) is 8.37. The highest BCUT2D eigenvalue weighted by molar-refractivity contribution is 7.08. The van der Waals surface area contributed by atoms with E-state index in [-0.39, 0.29) is 0 Å². The predicted molar refractivity (Wildman–Crippen MR) is 95.6 cm³/mol. The molecule has 3 nitrogen and oxygen atoms in total. The molecule has 0 unspecified atom stereocenters. The van der Waals surface area contributed by atoms with Crippen molar-refractivity contribution < 1.29 is 0 Å². The lowest BCUT2D eigenvalue weighted by molar-refractivity contribution is 0.209. The first-order valence-electron chi connectivity index (χ1n) is 8.05.